The maximum Gasteiger partial charge on any atom is 0.264 e. The van der Waals surface area contributed by atoms with Crippen molar-refractivity contribution >= 4 is 43.2 Å². The number of hydrogen-bond donors (Lipinski definition) is 1. The highest BCUT2D eigenvalue weighted by atomic mass is 79.9. The Hall–Kier alpha value is -2.84. The molecule has 150 valence electrons. The molecule has 1 N–H and O–H groups in total. The number of carbonyl (C=O) groups is 1. The Labute approximate surface area is 178 Å². The standard InChI is InChI=1S/C21H19BrN2O4S/c1-24(19-9-5-6-10-20(19)28-2)29(26,27)16-13-11-15(12-14-16)21(25)23-18-8-4-3-7-17(18)22/h3-14H,1-2H3,(H,23,25). The van der Waals surface area contributed by atoms with Gasteiger partial charge in [-0.15, -0.1) is 0 Å². The lowest BCUT2D eigenvalue weighted by Gasteiger charge is -2.21. The van der Waals surface area contributed by atoms with Gasteiger partial charge >= 0.3 is 0 Å². The maximum absolute atomic E-state index is 13.0. The van der Waals surface area contributed by atoms with Crippen LogP contribution in [0.1, 0.15) is 10.4 Å². The van der Waals surface area contributed by atoms with E-state index in [4.69, 9.17) is 4.74 Å². The normalized spacial score (nSPS) is 11.0. The van der Waals surface area contributed by atoms with Crippen LogP contribution in [0.5, 0.6) is 5.75 Å². The molecule has 0 aliphatic rings. The molecule has 29 heavy (non-hydrogen) atoms. The molecule has 6 nitrogen and oxygen atoms in total. The summed E-state index contributed by atoms with van der Waals surface area (Å²) >= 11 is 3.38. The SMILES string of the molecule is COc1ccccc1N(C)S(=O)(=O)c1ccc(C(=O)Nc2ccccc2Br)cc1. The second-order valence-corrected chi connectivity index (χ2v) is 8.93. The maximum atomic E-state index is 13.0. The third-order valence-corrected chi connectivity index (χ3v) is 6.80. The minimum absolute atomic E-state index is 0.0725. The molecule has 0 spiro atoms. The number of para-hydroxylation sites is 3. The number of nitrogens with one attached hydrogen (secondary N) is 1. The Morgan fingerprint density at radius 2 is 1.59 bits per heavy atom. The van der Waals surface area contributed by atoms with Crippen molar-refractivity contribution in [3.8, 4) is 5.75 Å². The molecule has 3 aromatic carbocycles. The zero-order chi connectivity index (χ0) is 21.0. The van der Waals surface area contributed by atoms with Crippen molar-refractivity contribution in [3.05, 3.63) is 82.8 Å². The number of anilines is 2. The molecule has 0 fully saturated rings. The van der Waals surface area contributed by atoms with Crippen LogP contribution in [0.3, 0.4) is 0 Å². The number of nitrogens with zero attached hydrogens (tertiary/aromatic N) is 1. The zero-order valence-corrected chi connectivity index (χ0v) is 18.2. The van der Waals surface area contributed by atoms with Crippen LogP contribution in [0.15, 0.2) is 82.2 Å². The van der Waals surface area contributed by atoms with E-state index in [1.807, 2.05) is 18.2 Å². The van der Waals surface area contributed by atoms with Crippen LogP contribution in [-0.2, 0) is 10.0 Å². The molecule has 0 bridgehead atoms. The molecule has 3 rings (SSSR count). The van der Waals surface area contributed by atoms with E-state index in [0.29, 0.717) is 22.7 Å². The Morgan fingerprint density at radius 3 is 2.24 bits per heavy atom. The summed E-state index contributed by atoms with van der Waals surface area (Å²) in [5.41, 5.74) is 1.40. The predicted octanol–water partition coefficient (Wildman–Crippen LogP) is 4.54. The van der Waals surface area contributed by atoms with Crippen LogP contribution in [0, 0.1) is 0 Å². The molecule has 0 aliphatic heterocycles. The average Bonchev–Trinajstić information content (AvgIpc) is 2.74. The van der Waals surface area contributed by atoms with E-state index in [1.165, 1.54) is 38.4 Å². The first-order valence-corrected chi connectivity index (χ1v) is 10.9. The molecule has 0 saturated carbocycles. The van der Waals surface area contributed by atoms with E-state index in [2.05, 4.69) is 21.2 Å². The molecule has 3 aromatic rings. The fraction of sp³-hybridized carbons (Fsp3) is 0.0952. The van der Waals surface area contributed by atoms with Crippen molar-refractivity contribution < 1.29 is 17.9 Å². The molecule has 1 amide bonds. The smallest absolute Gasteiger partial charge is 0.264 e. The van der Waals surface area contributed by atoms with Gasteiger partial charge < -0.3 is 10.1 Å². The van der Waals surface area contributed by atoms with Gasteiger partial charge in [0, 0.05) is 17.1 Å². The van der Waals surface area contributed by atoms with Gasteiger partial charge in [-0.1, -0.05) is 24.3 Å². The molecule has 0 radical (unpaired) electrons. The highest BCUT2D eigenvalue weighted by molar-refractivity contribution is 9.10. The molecule has 0 unspecified atom stereocenters. The Balaban J connectivity index is 1.83. The van der Waals surface area contributed by atoms with Crippen molar-refractivity contribution in [1.82, 2.24) is 0 Å². The number of hydrogen-bond acceptors (Lipinski definition) is 4. The molecule has 0 heterocycles. The predicted molar refractivity (Wildman–Crippen MR) is 117 cm³/mol. The van der Waals surface area contributed by atoms with Gasteiger partial charge in [-0.05, 0) is 64.5 Å². The van der Waals surface area contributed by atoms with Gasteiger partial charge in [-0.3, -0.25) is 9.10 Å². The number of sulfonamides is 1. The summed E-state index contributed by atoms with van der Waals surface area (Å²) < 4.78 is 33.1. The minimum Gasteiger partial charge on any atom is -0.495 e. The Bertz CT molecular complexity index is 1130. The molecular formula is C21H19BrN2O4S. The molecule has 0 atom stereocenters. The van der Waals surface area contributed by atoms with Crippen molar-refractivity contribution in [2.75, 3.05) is 23.8 Å². The van der Waals surface area contributed by atoms with Gasteiger partial charge in [0.1, 0.15) is 5.75 Å². The van der Waals surface area contributed by atoms with E-state index in [0.717, 1.165) is 8.78 Å². The number of rotatable bonds is 6. The average molecular weight is 475 g/mol. The van der Waals surface area contributed by atoms with Crippen LogP contribution in [0.2, 0.25) is 0 Å². The molecule has 0 saturated heterocycles. The lowest BCUT2D eigenvalue weighted by atomic mass is 10.2. The number of amides is 1. The quantitative estimate of drug-likeness (QED) is 0.568. The summed E-state index contributed by atoms with van der Waals surface area (Å²) in [5.74, 6) is 0.113. The van der Waals surface area contributed by atoms with Crippen LogP contribution in [-0.4, -0.2) is 28.5 Å². The number of halogens is 1. The van der Waals surface area contributed by atoms with Gasteiger partial charge in [-0.2, -0.15) is 0 Å². The molecular weight excluding hydrogens is 456 g/mol. The Morgan fingerprint density at radius 1 is 0.966 bits per heavy atom. The van der Waals surface area contributed by atoms with Gasteiger partial charge in [0.2, 0.25) is 0 Å². The van der Waals surface area contributed by atoms with Gasteiger partial charge in [-0.25, -0.2) is 8.42 Å². The third-order valence-electron chi connectivity index (χ3n) is 4.32. The first-order chi connectivity index (χ1) is 13.8. The summed E-state index contributed by atoms with van der Waals surface area (Å²) in [6, 6.07) is 19.9. The van der Waals surface area contributed by atoms with E-state index in [1.54, 1.807) is 30.3 Å². The topological polar surface area (TPSA) is 75.7 Å². The molecule has 8 heteroatoms. The summed E-state index contributed by atoms with van der Waals surface area (Å²) in [6.45, 7) is 0. The van der Waals surface area contributed by atoms with Crippen LogP contribution < -0.4 is 14.4 Å². The zero-order valence-electron chi connectivity index (χ0n) is 15.8. The molecule has 0 aromatic heterocycles. The van der Waals surface area contributed by atoms with Crippen LogP contribution >= 0.6 is 15.9 Å². The van der Waals surface area contributed by atoms with Crippen molar-refractivity contribution in [2.24, 2.45) is 0 Å². The highest BCUT2D eigenvalue weighted by Gasteiger charge is 2.24. The van der Waals surface area contributed by atoms with Gasteiger partial charge in [0.15, 0.2) is 0 Å². The van der Waals surface area contributed by atoms with Crippen LogP contribution in [0.4, 0.5) is 11.4 Å². The summed E-state index contributed by atoms with van der Waals surface area (Å²) in [4.78, 5) is 12.5. The fourth-order valence-corrected chi connectivity index (χ4v) is 4.30. The minimum atomic E-state index is -3.82. The van der Waals surface area contributed by atoms with E-state index in [-0.39, 0.29) is 10.8 Å². The summed E-state index contributed by atoms with van der Waals surface area (Å²) in [6.07, 6.45) is 0. The van der Waals surface area contributed by atoms with Gasteiger partial charge in [0.25, 0.3) is 15.9 Å². The second kappa shape index (κ2) is 8.67. The van der Waals surface area contributed by atoms with Crippen molar-refractivity contribution in [1.29, 1.82) is 0 Å². The largest absolute Gasteiger partial charge is 0.495 e. The van der Waals surface area contributed by atoms with E-state index in [9.17, 15) is 13.2 Å². The van der Waals surface area contributed by atoms with Crippen LogP contribution in [0.25, 0.3) is 0 Å². The summed E-state index contributed by atoms with van der Waals surface area (Å²) in [7, 11) is -0.876. The number of ether oxygens (including phenoxy) is 1. The lowest BCUT2D eigenvalue weighted by molar-refractivity contribution is 0.102. The summed E-state index contributed by atoms with van der Waals surface area (Å²) in [5, 5.41) is 2.79. The van der Waals surface area contributed by atoms with Crippen molar-refractivity contribution in [2.45, 2.75) is 4.90 Å². The second-order valence-electron chi connectivity index (χ2n) is 6.10. The number of carbonyl (C=O) groups excluding carboxylic acids is 1. The van der Waals surface area contributed by atoms with E-state index < -0.39 is 10.0 Å². The third kappa shape index (κ3) is 4.44. The van der Waals surface area contributed by atoms with E-state index >= 15 is 0 Å². The highest BCUT2D eigenvalue weighted by Crippen LogP contribution is 2.31. The van der Waals surface area contributed by atoms with Crippen molar-refractivity contribution in [3.63, 3.8) is 0 Å². The number of benzene rings is 3. The first-order valence-electron chi connectivity index (χ1n) is 8.62. The van der Waals surface area contributed by atoms with Gasteiger partial charge in [0.05, 0.1) is 23.4 Å². The number of methoxy groups -OCH3 is 1. The Kier molecular flexibility index (Phi) is 6.24. The first kappa shape index (κ1) is 20.9. The molecule has 0 aliphatic carbocycles. The monoisotopic (exact) mass is 474 g/mol. The fourth-order valence-electron chi connectivity index (χ4n) is 2.71. The lowest BCUT2D eigenvalue weighted by Crippen LogP contribution is -2.27.